The molecule has 0 aliphatic heterocycles. The van der Waals surface area contributed by atoms with Crippen LogP contribution in [0.1, 0.15) is 59.8 Å². The van der Waals surface area contributed by atoms with Gasteiger partial charge in [0, 0.05) is 18.6 Å². The number of unbranched alkanes of at least 4 members (excludes halogenated alkanes) is 1. The Morgan fingerprint density at radius 1 is 1.24 bits per heavy atom. The molecule has 0 bridgehead atoms. The second-order valence-electron chi connectivity index (χ2n) is 5.61. The second-order valence-corrected chi connectivity index (χ2v) is 5.61. The summed E-state index contributed by atoms with van der Waals surface area (Å²) >= 11 is 0. The normalized spacial score (nSPS) is 19.6. The van der Waals surface area contributed by atoms with Gasteiger partial charge in [0.25, 0.3) is 0 Å². The summed E-state index contributed by atoms with van der Waals surface area (Å²) in [6.07, 6.45) is 6.81. The molecule has 1 rings (SSSR count). The van der Waals surface area contributed by atoms with Crippen molar-refractivity contribution in [1.29, 1.82) is 0 Å². The molecule has 2 atom stereocenters. The Morgan fingerprint density at radius 3 is 2.41 bits per heavy atom. The van der Waals surface area contributed by atoms with E-state index in [1.54, 1.807) is 0 Å². The minimum absolute atomic E-state index is 0.737. The SMILES string of the molecule is CCCCN(CC(NCC)C1CC1)C(C)CC. The monoisotopic (exact) mass is 240 g/mol. The highest BCUT2D eigenvalue weighted by Gasteiger charge is 2.32. The Bertz CT molecular complexity index is 189. The highest BCUT2D eigenvalue weighted by molar-refractivity contribution is 4.89. The molecule has 0 radical (unpaired) electrons. The van der Waals surface area contributed by atoms with E-state index in [-0.39, 0.29) is 0 Å². The van der Waals surface area contributed by atoms with Crippen LogP contribution in [0, 0.1) is 5.92 Å². The summed E-state index contributed by atoms with van der Waals surface area (Å²) in [5.41, 5.74) is 0. The van der Waals surface area contributed by atoms with Gasteiger partial charge in [0.2, 0.25) is 0 Å². The highest BCUT2D eigenvalue weighted by Crippen LogP contribution is 2.33. The molecule has 0 saturated heterocycles. The lowest BCUT2D eigenvalue weighted by Gasteiger charge is -2.32. The molecular weight excluding hydrogens is 208 g/mol. The van der Waals surface area contributed by atoms with Crippen LogP contribution in [0.3, 0.4) is 0 Å². The van der Waals surface area contributed by atoms with Crippen molar-refractivity contribution in [3.63, 3.8) is 0 Å². The first kappa shape index (κ1) is 15.0. The average molecular weight is 240 g/mol. The highest BCUT2D eigenvalue weighted by atomic mass is 15.2. The summed E-state index contributed by atoms with van der Waals surface area (Å²) in [4.78, 5) is 2.70. The van der Waals surface area contributed by atoms with Gasteiger partial charge in [-0.1, -0.05) is 27.2 Å². The van der Waals surface area contributed by atoms with Gasteiger partial charge >= 0.3 is 0 Å². The van der Waals surface area contributed by atoms with Gasteiger partial charge in [-0.2, -0.15) is 0 Å². The molecule has 0 amide bonds. The smallest absolute Gasteiger partial charge is 0.0223 e. The standard InChI is InChI=1S/C15H32N2/c1-5-8-11-17(13(4)6-2)12-15(16-7-3)14-9-10-14/h13-16H,5-12H2,1-4H3. The maximum absolute atomic E-state index is 3.69. The van der Waals surface area contributed by atoms with Crippen LogP contribution in [0.5, 0.6) is 0 Å². The molecule has 0 aromatic rings. The van der Waals surface area contributed by atoms with E-state index in [0.717, 1.165) is 24.5 Å². The van der Waals surface area contributed by atoms with Crippen LogP contribution in [0.25, 0.3) is 0 Å². The van der Waals surface area contributed by atoms with E-state index >= 15 is 0 Å². The fraction of sp³-hybridized carbons (Fsp3) is 1.00. The third-order valence-electron chi connectivity index (χ3n) is 4.10. The molecular formula is C15H32N2. The van der Waals surface area contributed by atoms with Gasteiger partial charge in [-0.15, -0.1) is 0 Å². The molecule has 1 saturated carbocycles. The Balaban J connectivity index is 2.43. The maximum Gasteiger partial charge on any atom is 0.0223 e. The minimum atomic E-state index is 0.737. The van der Waals surface area contributed by atoms with E-state index in [9.17, 15) is 0 Å². The van der Waals surface area contributed by atoms with Crippen LogP contribution < -0.4 is 5.32 Å². The van der Waals surface area contributed by atoms with Gasteiger partial charge in [-0.3, -0.25) is 4.90 Å². The second kappa shape index (κ2) is 8.10. The van der Waals surface area contributed by atoms with Gasteiger partial charge in [-0.05, 0) is 51.6 Å². The van der Waals surface area contributed by atoms with Gasteiger partial charge in [0.1, 0.15) is 0 Å². The van der Waals surface area contributed by atoms with E-state index < -0.39 is 0 Å². The van der Waals surface area contributed by atoms with Crippen LogP contribution >= 0.6 is 0 Å². The molecule has 0 aromatic heterocycles. The van der Waals surface area contributed by atoms with E-state index in [1.165, 1.54) is 45.2 Å². The molecule has 17 heavy (non-hydrogen) atoms. The maximum atomic E-state index is 3.69. The lowest BCUT2D eigenvalue weighted by atomic mass is 10.1. The summed E-state index contributed by atoms with van der Waals surface area (Å²) in [5, 5.41) is 3.69. The Morgan fingerprint density at radius 2 is 1.94 bits per heavy atom. The van der Waals surface area contributed by atoms with Crippen molar-refractivity contribution in [1.82, 2.24) is 10.2 Å². The zero-order valence-electron chi connectivity index (χ0n) is 12.3. The predicted octanol–water partition coefficient (Wildman–Crippen LogP) is 3.28. The number of likely N-dealkylation sites (N-methyl/N-ethyl adjacent to an activating group) is 1. The van der Waals surface area contributed by atoms with Gasteiger partial charge in [-0.25, -0.2) is 0 Å². The predicted molar refractivity (Wildman–Crippen MR) is 76.4 cm³/mol. The minimum Gasteiger partial charge on any atom is -0.313 e. The first-order valence-electron chi connectivity index (χ1n) is 7.70. The van der Waals surface area contributed by atoms with Gasteiger partial charge in [0.15, 0.2) is 0 Å². The molecule has 1 fully saturated rings. The third kappa shape index (κ3) is 5.39. The molecule has 1 N–H and O–H groups in total. The van der Waals surface area contributed by atoms with Crippen molar-refractivity contribution in [3.8, 4) is 0 Å². The average Bonchev–Trinajstić information content (AvgIpc) is 3.16. The van der Waals surface area contributed by atoms with Crippen LogP contribution in [-0.4, -0.2) is 36.6 Å². The van der Waals surface area contributed by atoms with Crippen molar-refractivity contribution >= 4 is 0 Å². The molecule has 102 valence electrons. The Hall–Kier alpha value is -0.0800. The first-order chi connectivity index (χ1) is 8.22. The largest absolute Gasteiger partial charge is 0.313 e. The Labute approximate surface area is 108 Å². The van der Waals surface area contributed by atoms with Gasteiger partial charge < -0.3 is 5.32 Å². The fourth-order valence-electron chi connectivity index (χ4n) is 2.50. The molecule has 0 spiro atoms. The van der Waals surface area contributed by atoms with Crippen molar-refractivity contribution in [2.24, 2.45) is 5.92 Å². The summed E-state index contributed by atoms with van der Waals surface area (Å²) in [5.74, 6) is 0.961. The van der Waals surface area contributed by atoms with E-state index in [1.807, 2.05) is 0 Å². The number of hydrogen-bond acceptors (Lipinski definition) is 2. The van der Waals surface area contributed by atoms with Crippen molar-refractivity contribution in [3.05, 3.63) is 0 Å². The van der Waals surface area contributed by atoms with Crippen LogP contribution in [0.15, 0.2) is 0 Å². The van der Waals surface area contributed by atoms with E-state index in [4.69, 9.17) is 0 Å². The van der Waals surface area contributed by atoms with Crippen LogP contribution in [0.2, 0.25) is 0 Å². The molecule has 1 aliphatic carbocycles. The van der Waals surface area contributed by atoms with Crippen LogP contribution in [0.4, 0.5) is 0 Å². The molecule has 1 aliphatic rings. The lowest BCUT2D eigenvalue weighted by Crippen LogP contribution is -2.46. The lowest BCUT2D eigenvalue weighted by molar-refractivity contribution is 0.173. The number of hydrogen-bond donors (Lipinski definition) is 1. The number of nitrogens with one attached hydrogen (secondary N) is 1. The summed E-state index contributed by atoms with van der Waals surface area (Å²) in [7, 11) is 0. The zero-order valence-corrected chi connectivity index (χ0v) is 12.3. The van der Waals surface area contributed by atoms with Crippen molar-refractivity contribution in [2.75, 3.05) is 19.6 Å². The van der Waals surface area contributed by atoms with E-state index in [0.29, 0.717) is 0 Å². The topological polar surface area (TPSA) is 15.3 Å². The Kier molecular flexibility index (Phi) is 7.14. The van der Waals surface area contributed by atoms with Crippen molar-refractivity contribution < 1.29 is 0 Å². The number of rotatable bonds is 10. The quantitative estimate of drug-likeness (QED) is 0.630. The molecule has 2 unspecified atom stereocenters. The fourth-order valence-corrected chi connectivity index (χ4v) is 2.50. The molecule has 0 heterocycles. The molecule has 2 nitrogen and oxygen atoms in total. The first-order valence-corrected chi connectivity index (χ1v) is 7.70. The van der Waals surface area contributed by atoms with Gasteiger partial charge in [0.05, 0.1) is 0 Å². The van der Waals surface area contributed by atoms with Crippen molar-refractivity contribution in [2.45, 2.75) is 71.9 Å². The summed E-state index contributed by atoms with van der Waals surface area (Å²) in [6.45, 7) is 12.9. The summed E-state index contributed by atoms with van der Waals surface area (Å²) in [6, 6.07) is 1.48. The van der Waals surface area contributed by atoms with Crippen LogP contribution in [-0.2, 0) is 0 Å². The van der Waals surface area contributed by atoms with E-state index in [2.05, 4.69) is 37.9 Å². The zero-order chi connectivity index (χ0) is 12.7. The summed E-state index contributed by atoms with van der Waals surface area (Å²) < 4.78 is 0. The molecule has 2 heteroatoms. The molecule has 0 aromatic carbocycles. The number of nitrogens with zero attached hydrogens (tertiary/aromatic N) is 1. The third-order valence-corrected chi connectivity index (χ3v) is 4.10.